The Balaban J connectivity index is 1.44. The molecule has 0 aliphatic carbocycles. The van der Waals surface area contributed by atoms with Gasteiger partial charge in [-0.1, -0.05) is 24.3 Å². The first kappa shape index (κ1) is 26.7. The van der Waals surface area contributed by atoms with Gasteiger partial charge in [0.05, 0.1) is 38.1 Å². The Morgan fingerprint density at radius 1 is 0.842 bits per heavy atom. The van der Waals surface area contributed by atoms with Crippen LogP contribution >= 0.6 is 11.8 Å². The van der Waals surface area contributed by atoms with E-state index in [1.54, 1.807) is 14.2 Å². The van der Waals surface area contributed by atoms with Gasteiger partial charge in [0.25, 0.3) is 0 Å². The quantitative estimate of drug-likeness (QED) is 0.320. The molecule has 38 heavy (non-hydrogen) atoms. The van der Waals surface area contributed by atoms with E-state index >= 15 is 0 Å². The molecule has 3 aromatic carbocycles. The van der Waals surface area contributed by atoms with Crippen LogP contribution in [0.1, 0.15) is 24.4 Å². The zero-order chi connectivity index (χ0) is 26.3. The second-order valence-corrected chi connectivity index (χ2v) is 11.0. The van der Waals surface area contributed by atoms with E-state index in [9.17, 15) is 0 Å². The molecular formula is C31H38N2O4S. The summed E-state index contributed by atoms with van der Waals surface area (Å²) < 4.78 is 22.9. The molecule has 3 atom stereocenters. The summed E-state index contributed by atoms with van der Waals surface area (Å²) in [6, 6.07) is 25.7. The summed E-state index contributed by atoms with van der Waals surface area (Å²) in [6.07, 6.45) is 2.38. The molecular weight excluding hydrogens is 496 g/mol. The molecule has 0 spiro atoms. The van der Waals surface area contributed by atoms with Crippen molar-refractivity contribution in [1.82, 2.24) is 4.90 Å². The number of benzene rings is 3. The fraction of sp³-hybridized carbons (Fsp3) is 0.419. The highest BCUT2D eigenvalue weighted by molar-refractivity contribution is 7.99. The predicted molar refractivity (Wildman–Crippen MR) is 154 cm³/mol. The Morgan fingerprint density at radius 3 is 2.21 bits per heavy atom. The molecule has 5 rings (SSSR count). The number of para-hydroxylation sites is 1. The standard InChI is InChI=1S/C31H38N2O4S/c1-34-25-10-8-23(9-11-25)29-17-19-38-31-7-5-4-6-30(31)33(29)20-24(32-18-16-28(21-32)36-3)22-37-27-14-12-26(35-2)13-15-27/h4-15,24,28-29H,16-22H2,1-3H3. The number of rotatable bonds is 10. The van der Waals surface area contributed by atoms with E-state index in [1.165, 1.54) is 16.1 Å². The van der Waals surface area contributed by atoms with Crippen molar-refractivity contribution in [2.45, 2.75) is 35.9 Å². The van der Waals surface area contributed by atoms with Crippen molar-refractivity contribution in [3.05, 3.63) is 78.4 Å². The van der Waals surface area contributed by atoms with Crippen molar-refractivity contribution >= 4 is 17.4 Å². The second kappa shape index (κ2) is 12.8. The molecule has 0 N–H and O–H groups in total. The maximum Gasteiger partial charge on any atom is 0.119 e. The molecule has 0 saturated carbocycles. The monoisotopic (exact) mass is 534 g/mol. The van der Waals surface area contributed by atoms with Crippen LogP contribution in [-0.2, 0) is 4.74 Å². The van der Waals surface area contributed by atoms with Gasteiger partial charge in [0.15, 0.2) is 0 Å². The largest absolute Gasteiger partial charge is 0.497 e. The van der Waals surface area contributed by atoms with E-state index < -0.39 is 0 Å². The zero-order valence-electron chi connectivity index (χ0n) is 22.5. The van der Waals surface area contributed by atoms with Crippen molar-refractivity contribution < 1.29 is 18.9 Å². The Morgan fingerprint density at radius 2 is 1.53 bits per heavy atom. The molecule has 6 nitrogen and oxygen atoms in total. The summed E-state index contributed by atoms with van der Waals surface area (Å²) in [5.74, 6) is 3.65. The minimum Gasteiger partial charge on any atom is -0.497 e. The number of hydrogen-bond acceptors (Lipinski definition) is 7. The third kappa shape index (κ3) is 6.22. The average molecular weight is 535 g/mol. The van der Waals surface area contributed by atoms with Gasteiger partial charge in [0.1, 0.15) is 23.9 Å². The minimum absolute atomic E-state index is 0.203. The van der Waals surface area contributed by atoms with Crippen molar-refractivity contribution in [3.8, 4) is 17.2 Å². The molecule has 1 saturated heterocycles. The summed E-state index contributed by atoms with van der Waals surface area (Å²) >= 11 is 1.95. The van der Waals surface area contributed by atoms with Gasteiger partial charge in [0.2, 0.25) is 0 Å². The van der Waals surface area contributed by atoms with E-state index in [1.807, 2.05) is 43.1 Å². The Labute approximate surface area is 230 Å². The number of thioether (sulfide) groups is 1. The van der Waals surface area contributed by atoms with Crippen LogP contribution in [0.3, 0.4) is 0 Å². The lowest BCUT2D eigenvalue weighted by Gasteiger charge is -2.39. The first-order valence-electron chi connectivity index (χ1n) is 13.3. The number of ether oxygens (including phenoxy) is 4. The van der Waals surface area contributed by atoms with Gasteiger partial charge in [-0.2, -0.15) is 0 Å². The molecule has 3 aromatic rings. The lowest BCUT2D eigenvalue weighted by molar-refractivity contribution is 0.0923. The zero-order valence-corrected chi connectivity index (χ0v) is 23.4. The van der Waals surface area contributed by atoms with Crippen molar-refractivity contribution in [2.24, 2.45) is 0 Å². The first-order chi connectivity index (χ1) is 18.7. The number of nitrogens with zero attached hydrogens (tertiary/aromatic N) is 2. The number of methoxy groups -OCH3 is 3. The summed E-state index contributed by atoms with van der Waals surface area (Å²) in [7, 11) is 5.22. The Kier molecular flexibility index (Phi) is 8.99. The first-order valence-corrected chi connectivity index (χ1v) is 14.3. The molecule has 7 heteroatoms. The van der Waals surface area contributed by atoms with Crippen molar-refractivity contribution in [3.63, 3.8) is 0 Å². The minimum atomic E-state index is 0.203. The molecule has 0 radical (unpaired) electrons. The van der Waals surface area contributed by atoms with E-state index in [-0.39, 0.29) is 18.2 Å². The topological polar surface area (TPSA) is 43.4 Å². The highest BCUT2D eigenvalue weighted by Gasteiger charge is 2.34. The van der Waals surface area contributed by atoms with E-state index in [0.717, 1.165) is 55.5 Å². The predicted octanol–water partition coefficient (Wildman–Crippen LogP) is 5.92. The van der Waals surface area contributed by atoms with Gasteiger partial charge in [-0.25, -0.2) is 0 Å². The van der Waals surface area contributed by atoms with Crippen LogP contribution in [0.2, 0.25) is 0 Å². The van der Waals surface area contributed by atoms with E-state index in [2.05, 4.69) is 58.3 Å². The molecule has 0 amide bonds. The Hall–Kier alpha value is -2.87. The van der Waals surface area contributed by atoms with Gasteiger partial charge in [-0.15, -0.1) is 11.8 Å². The van der Waals surface area contributed by atoms with Crippen LogP contribution in [-0.4, -0.2) is 70.4 Å². The van der Waals surface area contributed by atoms with Crippen LogP contribution in [0.15, 0.2) is 77.7 Å². The number of anilines is 1. The van der Waals surface area contributed by atoms with Crippen LogP contribution in [0.5, 0.6) is 17.2 Å². The van der Waals surface area contributed by atoms with Gasteiger partial charge in [-0.3, -0.25) is 4.90 Å². The summed E-state index contributed by atoms with van der Waals surface area (Å²) in [5, 5.41) is 0. The highest BCUT2D eigenvalue weighted by atomic mass is 32.2. The third-order valence-corrected chi connectivity index (χ3v) is 8.73. The molecule has 202 valence electrons. The number of likely N-dealkylation sites (tertiary alicyclic amines) is 1. The van der Waals surface area contributed by atoms with E-state index in [0.29, 0.717) is 6.61 Å². The van der Waals surface area contributed by atoms with Gasteiger partial charge >= 0.3 is 0 Å². The molecule has 0 aromatic heterocycles. The van der Waals surface area contributed by atoms with Crippen LogP contribution < -0.4 is 19.1 Å². The smallest absolute Gasteiger partial charge is 0.119 e. The van der Waals surface area contributed by atoms with Crippen LogP contribution in [0, 0.1) is 0 Å². The second-order valence-electron chi connectivity index (χ2n) is 9.83. The summed E-state index contributed by atoms with van der Waals surface area (Å²) in [6.45, 7) is 3.39. The maximum absolute atomic E-state index is 6.39. The molecule has 2 aliphatic heterocycles. The van der Waals surface area contributed by atoms with E-state index in [4.69, 9.17) is 18.9 Å². The molecule has 2 aliphatic rings. The van der Waals surface area contributed by atoms with Crippen molar-refractivity contribution in [2.75, 3.05) is 58.2 Å². The lowest BCUT2D eigenvalue weighted by Crippen LogP contribution is -2.48. The van der Waals surface area contributed by atoms with Gasteiger partial charge in [-0.05, 0) is 66.9 Å². The Bertz CT molecular complexity index is 1160. The third-order valence-electron chi connectivity index (χ3n) is 7.64. The van der Waals surface area contributed by atoms with Crippen LogP contribution in [0.4, 0.5) is 5.69 Å². The number of fused-ring (bicyclic) bond motifs is 1. The number of hydrogen-bond donors (Lipinski definition) is 0. The van der Waals surface area contributed by atoms with Crippen LogP contribution in [0.25, 0.3) is 0 Å². The molecule has 3 unspecified atom stereocenters. The van der Waals surface area contributed by atoms with Gasteiger partial charge < -0.3 is 23.8 Å². The highest BCUT2D eigenvalue weighted by Crippen LogP contribution is 2.42. The maximum atomic E-state index is 6.39. The lowest BCUT2D eigenvalue weighted by atomic mass is 10.0. The summed E-state index contributed by atoms with van der Waals surface area (Å²) in [4.78, 5) is 6.50. The van der Waals surface area contributed by atoms with Crippen molar-refractivity contribution in [1.29, 1.82) is 0 Å². The molecule has 1 fully saturated rings. The summed E-state index contributed by atoms with van der Waals surface area (Å²) in [5.41, 5.74) is 2.61. The molecule has 2 heterocycles. The van der Waals surface area contributed by atoms with Gasteiger partial charge in [0, 0.05) is 37.4 Å². The fourth-order valence-electron chi connectivity index (χ4n) is 5.46. The fourth-order valence-corrected chi connectivity index (χ4v) is 6.53. The SMILES string of the molecule is COc1ccc(OCC(CN2c3ccccc3SCCC2c2ccc(OC)cc2)N2CCC(OC)C2)cc1. The average Bonchev–Trinajstić information content (AvgIpc) is 3.38. The molecule has 0 bridgehead atoms. The normalized spacial score (nSPS) is 20.4.